The average Bonchev–Trinajstić information content (AvgIpc) is 2.96. The molecule has 4 nitrogen and oxygen atoms in total. The lowest BCUT2D eigenvalue weighted by Gasteiger charge is -2.08. The van der Waals surface area contributed by atoms with Gasteiger partial charge in [0.2, 0.25) is 0 Å². The van der Waals surface area contributed by atoms with E-state index in [1.807, 2.05) is 24.3 Å². The first-order chi connectivity index (χ1) is 11.5. The Hall–Kier alpha value is -2.54. The van der Waals surface area contributed by atoms with Crippen LogP contribution in [0.25, 0.3) is 11.0 Å². The predicted octanol–water partition coefficient (Wildman–Crippen LogP) is 3.88. The van der Waals surface area contributed by atoms with Gasteiger partial charge in [-0.3, -0.25) is 0 Å². The van der Waals surface area contributed by atoms with Gasteiger partial charge < -0.3 is 15.0 Å². The van der Waals surface area contributed by atoms with Gasteiger partial charge in [-0.2, -0.15) is 13.2 Å². The second-order valence-corrected chi connectivity index (χ2v) is 5.33. The van der Waals surface area contributed by atoms with Crippen molar-refractivity contribution in [3.63, 3.8) is 0 Å². The van der Waals surface area contributed by atoms with Gasteiger partial charge in [0, 0.05) is 12.1 Å². The zero-order valence-electron chi connectivity index (χ0n) is 12.9. The number of nitrogens with one attached hydrogen (secondary N) is 2. The number of benzene rings is 2. The Morgan fingerprint density at radius 3 is 2.67 bits per heavy atom. The van der Waals surface area contributed by atoms with E-state index in [4.69, 9.17) is 4.74 Å². The van der Waals surface area contributed by atoms with E-state index in [0.29, 0.717) is 29.9 Å². The second-order valence-electron chi connectivity index (χ2n) is 5.33. The van der Waals surface area contributed by atoms with Gasteiger partial charge in [0.1, 0.15) is 11.6 Å². The first-order valence-electron chi connectivity index (χ1n) is 7.36. The van der Waals surface area contributed by atoms with Crippen molar-refractivity contribution < 1.29 is 17.9 Å². The van der Waals surface area contributed by atoms with Crippen LogP contribution in [0.4, 0.5) is 13.2 Å². The summed E-state index contributed by atoms with van der Waals surface area (Å²) in [6, 6.07) is 11.1. The standard InChI is InChI=1S/C17H16F3N3O/c1-24-15-5-3-2-4-11(15)9-21-10-16-22-13-7-6-12(17(18,19)20)8-14(13)23-16/h2-8,21H,9-10H2,1H3,(H,22,23). The van der Waals surface area contributed by atoms with Crippen LogP contribution >= 0.6 is 0 Å². The highest BCUT2D eigenvalue weighted by molar-refractivity contribution is 5.76. The third-order valence-corrected chi connectivity index (χ3v) is 3.66. The Balaban J connectivity index is 1.69. The molecule has 0 amide bonds. The molecule has 0 saturated heterocycles. The molecule has 0 bridgehead atoms. The van der Waals surface area contributed by atoms with Gasteiger partial charge in [0.05, 0.1) is 30.3 Å². The highest BCUT2D eigenvalue weighted by atomic mass is 19.4. The lowest BCUT2D eigenvalue weighted by atomic mass is 10.2. The third-order valence-electron chi connectivity index (χ3n) is 3.66. The maximum absolute atomic E-state index is 12.7. The summed E-state index contributed by atoms with van der Waals surface area (Å²) in [5.41, 5.74) is 1.19. The summed E-state index contributed by atoms with van der Waals surface area (Å²) in [4.78, 5) is 7.21. The van der Waals surface area contributed by atoms with Gasteiger partial charge in [-0.25, -0.2) is 4.98 Å². The van der Waals surface area contributed by atoms with Crippen LogP contribution in [0.3, 0.4) is 0 Å². The van der Waals surface area contributed by atoms with E-state index < -0.39 is 11.7 Å². The number of halogens is 3. The molecule has 0 radical (unpaired) electrons. The summed E-state index contributed by atoms with van der Waals surface area (Å²) >= 11 is 0. The molecule has 0 aliphatic carbocycles. The minimum atomic E-state index is -4.36. The molecule has 3 rings (SSSR count). The number of H-pyrrole nitrogens is 1. The van der Waals surface area contributed by atoms with Crippen molar-refractivity contribution in [2.45, 2.75) is 19.3 Å². The van der Waals surface area contributed by atoms with Crippen molar-refractivity contribution in [2.75, 3.05) is 7.11 Å². The summed E-state index contributed by atoms with van der Waals surface area (Å²) < 4.78 is 43.4. The largest absolute Gasteiger partial charge is 0.496 e. The van der Waals surface area contributed by atoms with E-state index >= 15 is 0 Å². The summed E-state index contributed by atoms with van der Waals surface area (Å²) in [5, 5.41) is 3.20. The lowest BCUT2D eigenvalue weighted by molar-refractivity contribution is -0.137. The summed E-state index contributed by atoms with van der Waals surface area (Å²) in [6.07, 6.45) is -4.36. The van der Waals surface area contributed by atoms with Gasteiger partial charge in [-0.05, 0) is 24.3 Å². The van der Waals surface area contributed by atoms with Crippen LogP contribution in [0, 0.1) is 0 Å². The second kappa shape index (κ2) is 6.52. The van der Waals surface area contributed by atoms with E-state index in [1.165, 1.54) is 6.07 Å². The van der Waals surface area contributed by atoms with Crippen molar-refractivity contribution >= 4 is 11.0 Å². The maximum Gasteiger partial charge on any atom is 0.416 e. The Morgan fingerprint density at radius 1 is 1.12 bits per heavy atom. The molecule has 0 unspecified atom stereocenters. The van der Waals surface area contributed by atoms with E-state index in [-0.39, 0.29) is 0 Å². The topological polar surface area (TPSA) is 49.9 Å². The van der Waals surface area contributed by atoms with Crippen molar-refractivity contribution in [1.29, 1.82) is 0 Å². The fraction of sp³-hybridized carbons (Fsp3) is 0.235. The SMILES string of the molecule is COc1ccccc1CNCc1nc2ccc(C(F)(F)F)cc2[nH]1. The van der Waals surface area contributed by atoms with Crippen LogP contribution < -0.4 is 10.1 Å². The molecule has 0 fully saturated rings. The fourth-order valence-electron chi connectivity index (χ4n) is 2.49. The van der Waals surface area contributed by atoms with Gasteiger partial charge in [0.25, 0.3) is 0 Å². The highest BCUT2D eigenvalue weighted by Crippen LogP contribution is 2.30. The Morgan fingerprint density at radius 2 is 1.92 bits per heavy atom. The van der Waals surface area contributed by atoms with Gasteiger partial charge in [0.15, 0.2) is 0 Å². The van der Waals surface area contributed by atoms with Crippen molar-refractivity contribution in [3.8, 4) is 5.75 Å². The number of fused-ring (bicyclic) bond motifs is 1. The minimum Gasteiger partial charge on any atom is -0.496 e. The number of ether oxygens (including phenoxy) is 1. The molecule has 0 saturated carbocycles. The van der Waals surface area contributed by atoms with Gasteiger partial charge in [-0.15, -0.1) is 0 Å². The molecule has 24 heavy (non-hydrogen) atoms. The Kier molecular flexibility index (Phi) is 4.44. The lowest BCUT2D eigenvalue weighted by Crippen LogP contribution is -2.14. The Labute approximate surface area is 136 Å². The molecule has 7 heteroatoms. The smallest absolute Gasteiger partial charge is 0.416 e. The zero-order valence-corrected chi connectivity index (χ0v) is 12.9. The predicted molar refractivity (Wildman–Crippen MR) is 84.6 cm³/mol. The molecule has 2 N–H and O–H groups in total. The number of alkyl halides is 3. The number of aromatic nitrogens is 2. The molecule has 0 spiro atoms. The van der Waals surface area contributed by atoms with E-state index in [2.05, 4.69) is 15.3 Å². The molecular formula is C17H16F3N3O. The average molecular weight is 335 g/mol. The van der Waals surface area contributed by atoms with E-state index in [1.54, 1.807) is 7.11 Å². The van der Waals surface area contributed by atoms with Crippen LogP contribution in [-0.4, -0.2) is 17.1 Å². The number of rotatable bonds is 5. The number of nitrogens with zero attached hydrogens (tertiary/aromatic N) is 1. The molecular weight excluding hydrogens is 319 g/mol. The molecule has 0 aliphatic rings. The summed E-state index contributed by atoms with van der Waals surface area (Å²) in [5.74, 6) is 1.36. The van der Waals surface area contributed by atoms with Crippen LogP contribution in [0.5, 0.6) is 5.75 Å². The number of hydrogen-bond acceptors (Lipinski definition) is 3. The number of para-hydroxylation sites is 1. The van der Waals surface area contributed by atoms with Crippen molar-refractivity contribution in [2.24, 2.45) is 0 Å². The normalized spacial score (nSPS) is 11.8. The van der Waals surface area contributed by atoms with Crippen molar-refractivity contribution in [1.82, 2.24) is 15.3 Å². The van der Waals surface area contributed by atoms with Crippen LogP contribution in [0.1, 0.15) is 17.0 Å². The molecule has 1 aromatic heterocycles. The van der Waals surface area contributed by atoms with Crippen molar-refractivity contribution in [3.05, 3.63) is 59.4 Å². The number of hydrogen-bond donors (Lipinski definition) is 2. The minimum absolute atomic E-state index is 0.374. The van der Waals surface area contributed by atoms with Crippen LogP contribution in [-0.2, 0) is 19.3 Å². The first kappa shape index (κ1) is 16.3. The zero-order chi connectivity index (χ0) is 17.2. The summed E-state index contributed by atoms with van der Waals surface area (Å²) in [6.45, 7) is 0.975. The van der Waals surface area contributed by atoms with Crippen LogP contribution in [0.15, 0.2) is 42.5 Å². The monoisotopic (exact) mass is 335 g/mol. The van der Waals surface area contributed by atoms with Crippen LogP contribution in [0.2, 0.25) is 0 Å². The number of methoxy groups -OCH3 is 1. The van der Waals surface area contributed by atoms with Gasteiger partial charge in [-0.1, -0.05) is 18.2 Å². The molecule has 2 aromatic carbocycles. The third kappa shape index (κ3) is 3.51. The molecule has 0 atom stereocenters. The Bertz CT molecular complexity index is 842. The maximum atomic E-state index is 12.7. The number of imidazole rings is 1. The highest BCUT2D eigenvalue weighted by Gasteiger charge is 2.30. The van der Waals surface area contributed by atoms with E-state index in [0.717, 1.165) is 23.4 Å². The quantitative estimate of drug-likeness (QED) is 0.744. The molecule has 3 aromatic rings. The molecule has 0 aliphatic heterocycles. The summed E-state index contributed by atoms with van der Waals surface area (Å²) in [7, 11) is 1.61. The molecule has 126 valence electrons. The molecule has 1 heterocycles. The first-order valence-corrected chi connectivity index (χ1v) is 7.36. The van der Waals surface area contributed by atoms with E-state index in [9.17, 15) is 13.2 Å². The van der Waals surface area contributed by atoms with Gasteiger partial charge >= 0.3 is 6.18 Å². The fourth-order valence-corrected chi connectivity index (χ4v) is 2.49. The number of aromatic amines is 1.